The summed E-state index contributed by atoms with van der Waals surface area (Å²) in [5.41, 5.74) is 0. The first-order valence-corrected chi connectivity index (χ1v) is 1.60. The number of rotatable bonds is 3. The summed E-state index contributed by atoms with van der Waals surface area (Å²) in [5, 5.41) is 16.8. The van der Waals surface area contributed by atoms with Gasteiger partial charge in [0.25, 0.3) is 0 Å². The topological polar surface area (TPSA) is 40.5 Å². The fraction of sp³-hybridized carbons (Fsp3) is 1.00. The first-order valence-electron chi connectivity index (χ1n) is 3.60. The molecule has 0 saturated carbocycles. The van der Waals surface area contributed by atoms with Gasteiger partial charge in [0.05, 0.1) is 2.74 Å². The summed E-state index contributed by atoms with van der Waals surface area (Å²) in [6.07, 6.45) is -2.76. The van der Waals surface area contributed by atoms with Crippen molar-refractivity contribution in [2.75, 3.05) is 13.2 Å². The van der Waals surface area contributed by atoms with Gasteiger partial charge in [-0.3, -0.25) is 0 Å². The van der Waals surface area contributed by atoms with Crippen molar-refractivity contribution in [2.45, 2.75) is 12.8 Å². The fourth-order valence-electron chi connectivity index (χ4n) is 0.112. The third-order valence-electron chi connectivity index (χ3n) is 0.316. The molecule has 0 spiro atoms. The van der Waals surface area contributed by atoms with Gasteiger partial charge in [-0.1, -0.05) is 0 Å². The summed E-state index contributed by atoms with van der Waals surface area (Å²) < 4.78 is 26.8. The average Bonchev–Trinajstić information content (AvgIpc) is 1.60. The van der Waals surface area contributed by atoms with Gasteiger partial charge in [-0.15, -0.1) is 0 Å². The molecular formula is C4H10O2. The SMILES string of the molecule is [2H]C([2H])(O)CC([2H])([2H])CO. The van der Waals surface area contributed by atoms with Gasteiger partial charge in [0.1, 0.15) is 0 Å². The van der Waals surface area contributed by atoms with Crippen molar-refractivity contribution >= 4 is 0 Å². The van der Waals surface area contributed by atoms with Gasteiger partial charge in [0.2, 0.25) is 0 Å². The Bertz CT molecular complexity index is 108. The minimum atomic E-state index is -2.55. The van der Waals surface area contributed by atoms with Gasteiger partial charge in [0.15, 0.2) is 0 Å². The van der Waals surface area contributed by atoms with Crippen LogP contribution in [0.25, 0.3) is 0 Å². The first-order chi connectivity index (χ1) is 4.27. The van der Waals surface area contributed by atoms with Crippen LogP contribution in [-0.2, 0) is 0 Å². The van der Waals surface area contributed by atoms with Crippen molar-refractivity contribution < 1.29 is 15.7 Å². The fourth-order valence-corrected chi connectivity index (χ4v) is 0.112. The predicted octanol–water partition coefficient (Wildman–Crippen LogP) is -0.249. The highest BCUT2D eigenvalue weighted by atomic mass is 16.3. The third kappa shape index (κ3) is 3.92. The summed E-state index contributed by atoms with van der Waals surface area (Å²) in [7, 11) is 0. The van der Waals surface area contributed by atoms with E-state index in [0.717, 1.165) is 0 Å². The van der Waals surface area contributed by atoms with Crippen LogP contribution in [0.4, 0.5) is 0 Å². The Kier molecular flexibility index (Phi) is 1.48. The molecule has 2 N–H and O–H groups in total. The zero-order valence-corrected chi connectivity index (χ0v) is 3.31. The standard InChI is InChI=1S/C4H10O2/c5-3-1-2-4-6/h5-6H,1-4H2/i1D2,4D2. The van der Waals surface area contributed by atoms with Gasteiger partial charge in [-0.25, -0.2) is 0 Å². The lowest BCUT2D eigenvalue weighted by Gasteiger charge is -1.85. The van der Waals surface area contributed by atoms with Crippen LogP contribution in [-0.4, -0.2) is 23.4 Å². The van der Waals surface area contributed by atoms with E-state index in [4.69, 9.17) is 15.7 Å². The first kappa shape index (κ1) is 1.80. The minimum Gasteiger partial charge on any atom is -0.396 e. The van der Waals surface area contributed by atoms with Crippen LogP contribution in [0.5, 0.6) is 0 Å². The number of aliphatic hydroxyl groups is 2. The zero-order chi connectivity index (χ0) is 8.41. The molecule has 2 nitrogen and oxygen atoms in total. The van der Waals surface area contributed by atoms with E-state index in [1.807, 2.05) is 0 Å². The van der Waals surface area contributed by atoms with Crippen LogP contribution in [0.2, 0.25) is 0 Å². The molecule has 0 aliphatic heterocycles. The molecule has 0 saturated heterocycles. The van der Waals surface area contributed by atoms with Crippen molar-refractivity contribution in [1.82, 2.24) is 0 Å². The predicted molar refractivity (Wildman–Crippen MR) is 23.4 cm³/mol. The maximum Gasteiger partial charge on any atom is 0.0564 e. The lowest BCUT2D eigenvalue weighted by molar-refractivity contribution is 0.242. The molecule has 0 aliphatic rings. The molecule has 0 aromatic carbocycles. The molecule has 0 aromatic heterocycles. The van der Waals surface area contributed by atoms with Crippen LogP contribution < -0.4 is 0 Å². The Hall–Kier alpha value is -0.0800. The molecular weight excluding hydrogens is 80.0 g/mol. The molecule has 0 bridgehead atoms. The van der Waals surface area contributed by atoms with E-state index in [1.165, 1.54) is 0 Å². The zero-order valence-electron chi connectivity index (χ0n) is 7.31. The lowest BCUT2D eigenvalue weighted by Crippen LogP contribution is -1.85. The Morgan fingerprint density at radius 1 is 1.50 bits per heavy atom. The molecule has 2 heteroatoms. The lowest BCUT2D eigenvalue weighted by atomic mass is 10.3. The molecule has 0 heterocycles. The molecule has 0 rings (SSSR count). The van der Waals surface area contributed by atoms with Crippen molar-refractivity contribution in [3.05, 3.63) is 0 Å². The number of aliphatic hydroxyl groups excluding tert-OH is 1. The summed E-state index contributed by atoms with van der Waals surface area (Å²) in [6.45, 7) is -3.33. The quantitative estimate of drug-likeness (QED) is 0.506. The van der Waals surface area contributed by atoms with Crippen LogP contribution in [0, 0.1) is 0 Å². The normalized spacial score (nSPS) is 23.7. The second kappa shape index (κ2) is 4.92. The van der Waals surface area contributed by atoms with Crippen molar-refractivity contribution in [2.24, 2.45) is 0 Å². The van der Waals surface area contributed by atoms with E-state index in [1.54, 1.807) is 0 Å². The second-order valence-electron chi connectivity index (χ2n) is 0.743. The molecule has 0 unspecified atom stereocenters. The van der Waals surface area contributed by atoms with E-state index < -0.39 is 26.0 Å². The molecule has 0 radical (unpaired) electrons. The smallest absolute Gasteiger partial charge is 0.0564 e. The highest BCUT2D eigenvalue weighted by molar-refractivity contribution is 4.30. The number of hydrogen-bond acceptors (Lipinski definition) is 2. The van der Waals surface area contributed by atoms with E-state index in [0.29, 0.717) is 0 Å². The molecule has 6 heavy (non-hydrogen) atoms. The third-order valence-corrected chi connectivity index (χ3v) is 0.316. The molecule has 0 atom stereocenters. The summed E-state index contributed by atoms with van der Waals surface area (Å²) >= 11 is 0. The van der Waals surface area contributed by atoms with Gasteiger partial charge in [-0.05, 0) is 12.8 Å². The molecule has 0 aliphatic carbocycles. The van der Waals surface area contributed by atoms with Crippen LogP contribution in [0.15, 0.2) is 0 Å². The highest BCUT2D eigenvalue weighted by Gasteiger charge is 1.77. The van der Waals surface area contributed by atoms with Crippen molar-refractivity contribution in [3.63, 3.8) is 0 Å². The Morgan fingerprint density at radius 3 is 2.33 bits per heavy atom. The monoisotopic (exact) mass is 94.1 g/mol. The Balaban J connectivity index is 3.89. The number of hydrogen-bond donors (Lipinski definition) is 2. The van der Waals surface area contributed by atoms with E-state index in [2.05, 4.69) is 0 Å². The maximum absolute atomic E-state index is 8.47. The summed E-state index contributed by atoms with van der Waals surface area (Å²) in [5.74, 6) is 0. The maximum atomic E-state index is 8.47. The average molecular weight is 94.1 g/mol. The van der Waals surface area contributed by atoms with Gasteiger partial charge in [0, 0.05) is 15.9 Å². The summed E-state index contributed by atoms with van der Waals surface area (Å²) in [6, 6.07) is 0. The van der Waals surface area contributed by atoms with Crippen LogP contribution in [0.1, 0.15) is 18.3 Å². The molecule has 38 valence electrons. The summed E-state index contributed by atoms with van der Waals surface area (Å²) in [4.78, 5) is 0. The van der Waals surface area contributed by atoms with Crippen molar-refractivity contribution in [3.8, 4) is 0 Å². The minimum absolute atomic E-state index is 0.712. The Morgan fingerprint density at radius 2 is 2.17 bits per heavy atom. The van der Waals surface area contributed by atoms with Crippen molar-refractivity contribution in [1.29, 1.82) is 0 Å². The highest BCUT2D eigenvalue weighted by Crippen LogP contribution is 1.80. The molecule has 0 fully saturated rings. The van der Waals surface area contributed by atoms with Gasteiger partial charge < -0.3 is 10.2 Å². The van der Waals surface area contributed by atoms with Crippen LogP contribution >= 0.6 is 0 Å². The second-order valence-corrected chi connectivity index (χ2v) is 0.743. The largest absolute Gasteiger partial charge is 0.396 e. The van der Waals surface area contributed by atoms with E-state index in [-0.39, 0.29) is 0 Å². The molecule has 0 amide bonds. The van der Waals surface area contributed by atoms with Gasteiger partial charge >= 0.3 is 0 Å². The van der Waals surface area contributed by atoms with Crippen LogP contribution in [0.3, 0.4) is 0 Å². The van der Waals surface area contributed by atoms with E-state index >= 15 is 0 Å². The van der Waals surface area contributed by atoms with E-state index in [9.17, 15) is 0 Å². The molecule has 0 aromatic rings. The van der Waals surface area contributed by atoms with Gasteiger partial charge in [-0.2, -0.15) is 0 Å². The Labute approximate surface area is 43.0 Å².